The van der Waals surface area contributed by atoms with Gasteiger partial charge in [-0.3, -0.25) is 14.5 Å². The summed E-state index contributed by atoms with van der Waals surface area (Å²) in [6, 6.07) is 3.48. The molecule has 0 radical (unpaired) electrons. The van der Waals surface area contributed by atoms with Crippen molar-refractivity contribution in [1.82, 2.24) is 20.1 Å². The van der Waals surface area contributed by atoms with Gasteiger partial charge in [-0.25, -0.2) is 0 Å². The van der Waals surface area contributed by atoms with Crippen LogP contribution in [0.4, 0.5) is 5.69 Å². The van der Waals surface area contributed by atoms with E-state index < -0.39 is 0 Å². The number of anilines is 1. The predicted molar refractivity (Wildman–Crippen MR) is 67.8 cm³/mol. The van der Waals surface area contributed by atoms with Gasteiger partial charge in [0.05, 0.1) is 5.56 Å². The Kier molecular flexibility index (Phi) is 3.90. The number of pyridine rings is 1. The number of carbonyl (C=O) groups excluding carboxylic acids is 1. The van der Waals surface area contributed by atoms with Gasteiger partial charge in [0.1, 0.15) is 0 Å². The minimum absolute atomic E-state index is 0.193. The third kappa shape index (κ3) is 3.07. The second kappa shape index (κ2) is 5.81. The van der Waals surface area contributed by atoms with Gasteiger partial charge in [0.25, 0.3) is 5.91 Å². The predicted octanol–water partition coefficient (Wildman–Crippen LogP) is 0.680. The van der Waals surface area contributed by atoms with Crippen LogP contribution >= 0.6 is 0 Å². The van der Waals surface area contributed by atoms with E-state index in [4.69, 9.17) is 5.73 Å². The molecule has 0 unspecified atom stereocenters. The number of nitrogens with one attached hydrogen (secondary N) is 1. The third-order valence-corrected chi connectivity index (χ3v) is 2.51. The molecule has 0 aromatic carbocycles. The van der Waals surface area contributed by atoms with Crippen LogP contribution in [0, 0.1) is 0 Å². The van der Waals surface area contributed by atoms with Gasteiger partial charge in [0.2, 0.25) is 0 Å². The van der Waals surface area contributed by atoms with Crippen LogP contribution in [-0.2, 0) is 6.54 Å². The Bertz CT molecular complexity index is 509. The average Bonchev–Trinajstić information content (AvgIpc) is 2.88. The molecule has 0 saturated heterocycles. The number of hydrogen-bond donors (Lipinski definition) is 2. The van der Waals surface area contributed by atoms with E-state index in [1.807, 2.05) is 16.9 Å². The zero-order chi connectivity index (χ0) is 12.8. The van der Waals surface area contributed by atoms with Crippen LogP contribution in [-0.4, -0.2) is 27.2 Å². The molecular formula is C12H15N5O. The SMILES string of the molecule is Nc1ccncc1C(=O)NCCCn1cccn1. The summed E-state index contributed by atoms with van der Waals surface area (Å²) in [4.78, 5) is 15.7. The second-order valence-electron chi connectivity index (χ2n) is 3.84. The molecule has 0 spiro atoms. The van der Waals surface area contributed by atoms with Crippen molar-refractivity contribution < 1.29 is 4.79 Å². The molecule has 2 heterocycles. The number of hydrogen-bond acceptors (Lipinski definition) is 4. The molecule has 94 valence electrons. The zero-order valence-electron chi connectivity index (χ0n) is 9.91. The van der Waals surface area contributed by atoms with E-state index in [0.717, 1.165) is 13.0 Å². The Morgan fingerprint density at radius 1 is 1.44 bits per heavy atom. The lowest BCUT2D eigenvalue weighted by Gasteiger charge is -2.06. The molecule has 0 fully saturated rings. The van der Waals surface area contributed by atoms with Gasteiger partial charge in [-0.05, 0) is 18.6 Å². The van der Waals surface area contributed by atoms with Gasteiger partial charge in [-0.15, -0.1) is 0 Å². The summed E-state index contributed by atoms with van der Waals surface area (Å²) in [6.45, 7) is 1.35. The number of nitrogen functional groups attached to an aromatic ring is 1. The molecule has 0 aliphatic carbocycles. The fourth-order valence-electron chi connectivity index (χ4n) is 1.57. The minimum Gasteiger partial charge on any atom is -0.398 e. The average molecular weight is 245 g/mol. The largest absolute Gasteiger partial charge is 0.398 e. The number of aromatic nitrogens is 3. The highest BCUT2D eigenvalue weighted by atomic mass is 16.1. The summed E-state index contributed by atoms with van der Waals surface area (Å²) < 4.78 is 1.82. The first-order chi connectivity index (χ1) is 8.77. The molecule has 18 heavy (non-hydrogen) atoms. The summed E-state index contributed by atoms with van der Waals surface area (Å²) in [5.41, 5.74) is 6.54. The number of aryl methyl sites for hydroxylation is 1. The van der Waals surface area contributed by atoms with Crippen LogP contribution in [0.2, 0.25) is 0 Å². The van der Waals surface area contributed by atoms with E-state index in [-0.39, 0.29) is 5.91 Å². The van der Waals surface area contributed by atoms with Crippen molar-refractivity contribution in [3.05, 3.63) is 42.5 Å². The zero-order valence-corrected chi connectivity index (χ0v) is 9.91. The molecule has 1 amide bonds. The molecule has 2 rings (SSSR count). The Morgan fingerprint density at radius 2 is 2.33 bits per heavy atom. The maximum Gasteiger partial charge on any atom is 0.254 e. The molecule has 0 bridgehead atoms. The fourth-order valence-corrected chi connectivity index (χ4v) is 1.57. The van der Waals surface area contributed by atoms with Crippen molar-refractivity contribution in [1.29, 1.82) is 0 Å². The highest BCUT2D eigenvalue weighted by Crippen LogP contribution is 2.07. The van der Waals surface area contributed by atoms with Gasteiger partial charge >= 0.3 is 0 Å². The van der Waals surface area contributed by atoms with Crippen molar-refractivity contribution >= 4 is 11.6 Å². The number of nitrogens with two attached hydrogens (primary N) is 1. The molecule has 3 N–H and O–H groups in total. The minimum atomic E-state index is -0.193. The van der Waals surface area contributed by atoms with E-state index >= 15 is 0 Å². The van der Waals surface area contributed by atoms with Crippen molar-refractivity contribution in [2.45, 2.75) is 13.0 Å². The first kappa shape index (κ1) is 12.1. The molecule has 2 aromatic rings. The Balaban J connectivity index is 1.77. The third-order valence-electron chi connectivity index (χ3n) is 2.51. The van der Waals surface area contributed by atoms with E-state index in [1.165, 1.54) is 6.20 Å². The molecule has 0 aliphatic heterocycles. The van der Waals surface area contributed by atoms with Gasteiger partial charge in [0.15, 0.2) is 0 Å². The monoisotopic (exact) mass is 245 g/mol. The molecule has 0 atom stereocenters. The van der Waals surface area contributed by atoms with Gasteiger partial charge in [0, 0.05) is 43.6 Å². The number of carbonyl (C=O) groups is 1. The lowest BCUT2D eigenvalue weighted by Crippen LogP contribution is -2.26. The Hall–Kier alpha value is -2.37. The molecule has 0 saturated carbocycles. The van der Waals surface area contributed by atoms with Crippen LogP contribution in [0.25, 0.3) is 0 Å². The fraction of sp³-hybridized carbons (Fsp3) is 0.250. The van der Waals surface area contributed by atoms with Gasteiger partial charge < -0.3 is 11.1 Å². The van der Waals surface area contributed by atoms with Crippen molar-refractivity contribution in [2.75, 3.05) is 12.3 Å². The molecule has 6 nitrogen and oxygen atoms in total. The summed E-state index contributed by atoms with van der Waals surface area (Å²) in [5, 5.41) is 6.88. The maximum atomic E-state index is 11.8. The Morgan fingerprint density at radius 3 is 3.06 bits per heavy atom. The lowest BCUT2D eigenvalue weighted by atomic mass is 10.2. The highest BCUT2D eigenvalue weighted by Gasteiger charge is 2.08. The lowest BCUT2D eigenvalue weighted by molar-refractivity contribution is 0.0953. The molecule has 2 aromatic heterocycles. The maximum absolute atomic E-state index is 11.8. The molecule has 0 aliphatic rings. The first-order valence-corrected chi connectivity index (χ1v) is 5.72. The summed E-state index contributed by atoms with van der Waals surface area (Å²) in [6.07, 6.45) is 7.46. The number of nitrogens with zero attached hydrogens (tertiary/aromatic N) is 3. The second-order valence-corrected chi connectivity index (χ2v) is 3.84. The van der Waals surface area contributed by atoms with Gasteiger partial charge in [-0.1, -0.05) is 0 Å². The highest BCUT2D eigenvalue weighted by molar-refractivity contribution is 5.98. The van der Waals surface area contributed by atoms with Crippen LogP contribution in [0.15, 0.2) is 36.9 Å². The summed E-state index contributed by atoms with van der Waals surface area (Å²) in [5.74, 6) is -0.193. The standard InChI is InChI=1S/C12H15N5O/c13-11-3-6-14-9-10(11)12(18)15-4-1-7-17-8-2-5-16-17/h2-3,5-6,8-9H,1,4,7H2,(H2,13,14)(H,15,18). The van der Waals surface area contributed by atoms with Crippen LogP contribution in [0.3, 0.4) is 0 Å². The van der Waals surface area contributed by atoms with Crippen LogP contribution in [0.5, 0.6) is 0 Å². The Labute approximate surface area is 105 Å². The van der Waals surface area contributed by atoms with E-state index in [0.29, 0.717) is 17.8 Å². The van der Waals surface area contributed by atoms with E-state index in [2.05, 4.69) is 15.4 Å². The first-order valence-electron chi connectivity index (χ1n) is 5.72. The van der Waals surface area contributed by atoms with E-state index in [9.17, 15) is 4.79 Å². The number of amides is 1. The molecular weight excluding hydrogens is 230 g/mol. The smallest absolute Gasteiger partial charge is 0.254 e. The van der Waals surface area contributed by atoms with Crippen molar-refractivity contribution in [3.63, 3.8) is 0 Å². The summed E-state index contributed by atoms with van der Waals surface area (Å²) >= 11 is 0. The van der Waals surface area contributed by atoms with Crippen LogP contribution < -0.4 is 11.1 Å². The molecule has 6 heteroatoms. The van der Waals surface area contributed by atoms with Gasteiger partial charge in [-0.2, -0.15) is 5.10 Å². The quantitative estimate of drug-likeness (QED) is 0.758. The normalized spacial score (nSPS) is 10.2. The topological polar surface area (TPSA) is 85.8 Å². The van der Waals surface area contributed by atoms with Crippen molar-refractivity contribution in [3.8, 4) is 0 Å². The summed E-state index contributed by atoms with van der Waals surface area (Å²) in [7, 11) is 0. The van der Waals surface area contributed by atoms with Crippen molar-refractivity contribution in [2.24, 2.45) is 0 Å². The number of rotatable bonds is 5. The van der Waals surface area contributed by atoms with Crippen LogP contribution in [0.1, 0.15) is 16.8 Å². The van der Waals surface area contributed by atoms with E-state index in [1.54, 1.807) is 18.5 Å².